The van der Waals surface area contributed by atoms with Gasteiger partial charge in [0.2, 0.25) is 6.29 Å². The van der Waals surface area contributed by atoms with E-state index in [0.29, 0.717) is 17.6 Å². The molecule has 0 amide bonds. The molecule has 4 rings (SSSR count). The number of fused-ring (bicyclic) bond motifs is 1. The van der Waals surface area contributed by atoms with Crippen molar-refractivity contribution in [2.45, 2.75) is 50.3 Å². The van der Waals surface area contributed by atoms with Crippen molar-refractivity contribution >= 4 is 22.4 Å². The van der Waals surface area contributed by atoms with Crippen molar-refractivity contribution < 1.29 is 35.0 Å². The van der Waals surface area contributed by atoms with Crippen LogP contribution >= 0.6 is 11.3 Å². The molecule has 0 radical (unpaired) electrons. The summed E-state index contributed by atoms with van der Waals surface area (Å²) in [5.41, 5.74) is 1.15. The SMILES string of the molecule is CCc1ccc(Cn2cnc3cccc(O[C@]4(O)[C@H](O)O[C@H](CO)[C@@H](O)[C@@H]4O)c32)s1. The van der Waals surface area contributed by atoms with Crippen LogP contribution in [0.15, 0.2) is 36.7 Å². The average molecular weight is 436 g/mol. The van der Waals surface area contributed by atoms with Crippen LogP contribution in [0.2, 0.25) is 0 Å². The summed E-state index contributed by atoms with van der Waals surface area (Å²) in [5.74, 6) is -2.50. The Balaban J connectivity index is 1.68. The predicted octanol–water partition coefficient (Wildman–Crippen LogP) is 0.207. The number of hydrogen-bond acceptors (Lipinski definition) is 9. The molecule has 2 aromatic heterocycles. The molecular weight excluding hydrogens is 412 g/mol. The van der Waals surface area contributed by atoms with Crippen molar-refractivity contribution in [1.29, 1.82) is 0 Å². The Bertz CT molecular complexity index is 1020. The molecule has 0 saturated carbocycles. The first kappa shape index (κ1) is 21.2. The van der Waals surface area contributed by atoms with E-state index in [1.54, 1.807) is 35.9 Å². The van der Waals surface area contributed by atoms with Crippen LogP contribution in [-0.4, -0.2) is 72.1 Å². The lowest BCUT2D eigenvalue weighted by Gasteiger charge is -2.45. The number of aliphatic hydroxyl groups excluding tert-OH is 4. The summed E-state index contributed by atoms with van der Waals surface area (Å²) in [5, 5.41) is 50.8. The lowest BCUT2D eigenvalue weighted by atomic mass is 9.96. The third kappa shape index (κ3) is 3.60. The molecule has 0 aliphatic carbocycles. The second-order valence-corrected chi connectivity index (χ2v) is 8.47. The number of rotatable bonds is 6. The van der Waals surface area contributed by atoms with Gasteiger partial charge in [0.05, 0.1) is 25.0 Å². The molecule has 1 aromatic carbocycles. The zero-order valence-corrected chi connectivity index (χ0v) is 17.1. The third-order valence-corrected chi connectivity index (χ3v) is 6.45. The van der Waals surface area contributed by atoms with Crippen LogP contribution in [0.25, 0.3) is 11.0 Å². The summed E-state index contributed by atoms with van der Waals surface area (Å²) >= 11 is 1.69. The Morgan fingerprint density at radius 2 is 1.97 bits per heavy atom. The number of nitrogens with zero attached hydrogens (tertiary/aromatic N) is 2. The largest absolute Gasteiger partial charge is 0.452 e. The lowest BCUT2D eigenvalue weighted by Crippen LogP contribution is -2.69. The zero-order chi connectivity index (χ0) is 21.5. The molecule has 10 heteroatoms. The van der Waals surface area contributed by atoms with E-state index in [9.17, 15) is 25.5 Å². The fraction of sp³-hybridized carbons (Fsp3) is 0.450. The van der Waals surface area contributed by atoms with Gasteiger partial charge in [-0.25, -0.2) is 4.98 Å². The quantitative estimate of drug-likeness (QED) is 0.346. The van der Waals surface area contributed by atoms with E-state index < -0.39 is 37.0 Å². The summed E-state index contributed by atoms with van der Waals surface area (Å²) in [6, 6.07) is 9.11. The standard InChI is InChI=1S/C20H24N2O7S/c1-2-11-6-7-12(30-11)8-22-10-21-13-4-3-5-14(16(13)22)29-20(27)18(25)17(24)15(9-23)28-19(20)26/h3-7,10,15,17-19,23-27H,2,8-9H2,1H3/t15-,17-,18+,19-,20+/m1/s1. The third-order valence-electron chi connectivity index (χ3n) is 5.23. The summed E-state index contributed by atoms with van der Waals surface area (Å²) in [6.45, 7) is 1.97. The van der Waals surface area contributed by atoms with Gasteiger partial charge in [-0.3, -0.25) is 0 Å². The van der Waals surface area contributed by atoms with Crippen LogP contribution in [0.3, 0.4) is 0 Å². The maximum absolute atomic E-state index is 10.8. The molecule has 1 aliphatic rings. The van der Waals surface area contributed by atoms with E-state index in [1.807, 2.05) is 10.6 Å². The Morgan fingerprint density at radius 3 is 2.67 bits per heavy atom. The number of imidazole rings is 1. The molecule has 3 heterocycles. The first-order valence-corrected chi connectivity index (χ1v) is 10.4. The molecular formula is C20H24N2O7S. The van der Waals surface area contributed by atoms with Crippen molar-refractivity contribution in [3.8, 4) is 5.75 Å². The second kappa shape index (κ2) is 8.23. The van der Waals surface area contributed by atoms with Gasteiger partial charge < -0.3 is 39.6 Å². The van der Waals surface area contributed by atoms with Crippen molar-refractivity contribution in [3.05, 3.63) is 46.4 Å². The van der Waals surface area contributed by atoms with Gasteiger partial charge in [0, 0.05) is 9.75 Å². The van der Waals surface area contributed by atoms with Crippen molar-refractivity contribution in [3.63, 3.8) is 0 Å². The number of aryl methyl sites for hydroxylation is 1. The van der Waals surface area contributed by atoms with Crippen LogP contribution in [0, 0.1) is 0 Å². The molecule has 5 N–H and O–H groups in total. The number of para-hydroxylation sites is 1. The van der Waals surface area contributed by atoms with Gasteiger partial charge in [-0.15, -0.1) is 11.3 Å². The molecule has 162 valence electrons. The van der Waals surface area contributed by atoms with Crippen LogP contribution < -0.4 is 4.74 Å². The van der Waals surface area contributed by atoms with Crippen LogP contribution in [0.5, 0.6) is 5.75 Å². The van der Waals surface area contributed by atoms with Crippen LogP contribution in [0.1, 0.15) is 16.7 Å². The smallest absolute Gasteiger partial charge is 0.288 e. The number of thiophene rings is 1. The Morgan fingerprint density at radius 1 is 1.20 bits per heavy atom. The van der Waals surface area contributed by atoms with E-state index >= 15 is 0 Å². The van der Waals surface area contributed by atoms with Gasteiger partial charge in [0.25, 0.3) is 5.79 Å². The number of benzene rings is 1. The van der Waals surface area contributed by atoms with Crippen molar-refractivity contribution in [2.24, 2.45) is 0 Å². The maximum atomic E-state index is 10.8. The molecule has 9 nitrogen and oxygen atoms in total. The number of aromatic nitrogens is 2. The van der Waals surface area contributed by atoms with E-state index in [2.05, 4.69) is 18.0 Å². The molecule has 1 saturated heterocycles. The van der Waals surface area contributed by atoms with Gasteiger partial charge in [-0.1, -0.05) is 13.0 Å². The minimum atomic E-state index is -2.65. The number of hydrogen-bond donors (Lipinski definition) is 5. The highest BCUT2D eigenvalue weighted by Crippen LogP contribution is 2.35. The van der Waals surface area contributed by atoms with E-state index in [0.717, 1.165) is 11.3 Å². The van der Waals surface area contributed by atoms with Crippen molar-refractivity contribution in [2.75, 3.05) is 6.61 Å². The molecule has 1 aliphatic heterocycles. The molecule has 0 bridgehead atoms. The minimum Gasteiger partial charge on any atom is -0.452 e. The van der Waals surface area contributed by atoms with E-state index in [-0.39, 0.29) is 5.75 Å². The van der Waals surface area contributed by atoms with Gasteiger partial charge >= 0.3 is 0 Å². The molecule has 30 heavy (non-hydrogen) atoms. The Labute approximate surface area is 176 Å². The number of aliphatic hydroxyl groups is 5. The highest BCUT2D eigenvalue weighted by molar-refractivity contribution is 7.11. The van der Waals surface area contributed by atoms with Gasteiger partial charge in [0.1, 0.15) is 23.5 Å². The minimum absolute atomic E-state index is 0.149. The first-order chi connectivity index (χ1) is 14.4. The number of ether oxygens (including phenoxy) is 2. The highest BCUT2D eigenvalue weighted by Gasteiger charge is 2.57. The van der Waals surface area contributed by atoms with Gasteiger partial charge in [-0.05, 0) is 30.7 Å². The van der Waals surface area contributed by atoms with E-state index in [1.165, 1.54) is 4.88 Å². The topological polar surface area (TPSA) is 137 Å². The second-order valence-electron chi connectivity index (χ2n) is 7.22. The molecule has 0 unspecified atom stereocenters. The first-order valence-electron chi connectivity index (χ1n) is 9.60. The normalized spacial score (nSPS) is 29.4. The van der Waals surface area contributed by atoms with E-state index in [4.69, 9.17) is 9.47 Å². The summed E-state index contributed by atoms with van der Waals surface area (Å²) < 4.78 is 12.5. The van der Waals surface area contributed by atoms with Gasteiger partial charge in [0.15, 0.2) is 6.10 Å². The van der Waals surface area contributed by atoms with Crippen molar-refractivity contribution in [1.82, 2.24) is 9.55 Å². The Hall–Kier alpha value is -2.05. The van der Waals surface area contributed by atoms with Gasteiger partial charge in [-0.2, -0.15) is 0 Å². The monoisotopic (exact) mass is 436 g/mol. The average Bonchev–Trinajstić information content (AvgIpc) is 3.37. The fourth-order valence-electron chi connectivity index (χ4n) is 3.54. The predicted molar refractivity (Wildman–Crippen MR) is 108 cm³/mol. The fourth-order valence-corrected chi connectivity index (χ4v) is 4.49. The highest BCUT2D eigenvalue weighted by atomic mass is 32.1. The zero-order valence-electron chi connectivity index (χ0n) is 16.3. The van der Waals surface area contributed by atoms with Crippen LogP contribution in [-0.2, 0) is 17.7 Å². The molecule has 0 spiro atoms. The molecule has 1 fully saturated rings. The van der Waals surface area contributed by atoms with Crippen LogP contribution in [0.4, 0.5) is 0 Å². The lowest BCUT2D eigenvalue weighted by molar-refractivity contribution is -0.385. The summed E-state index contributed by atoms with van der Waals surface area (Å²) in [6.07, 6.45) is -4.24. The summed E-state index contributed by atoms with van der Waals surface area (Å²) in [4.78, 5) is 6.74. The Kier molecular flexibility index (Phi) is 5.82. The molecule has 3 aromatic rings. The summed E-state index contributed by atoms with van der Waals surface area (Å²) in [7, 11) is 0. The maximum Gasteiger partial charge on any atom is 0.288 e. The molecule has 5 atom stereocenters.